The summed E-state index contributed by atoms with van der Waals surface area (Å²) >= 11 is 0. The van der Waals surface area contributed by atoms with E-state index in [1.807, 2.05) is 6.92 Å². The van der Waals surface area contributed by atoms with Crippen LogP contribution in [0.25, 0.3) is 0 Å². The van der Waals surface area contributed by atoms with E-state index in [1.165, 1.54) is 18.4 Å². The molecule has 1 aromatic rings. The highest BCUT2D eigenvalue weighted by Gasteiger charge is 2.14. The Kier molecular flexibility index (Phi) is 5.07. The van der Waals surface area contributed by atoms with Crippen LogP contribution in [0.1, 0.15) is 11.4 Å². The smallest absolute Gasteiger partial charge is 0.215 e. The molecule has 8 heteroatoms. The van der Waals surface area contributed by atoms with Crippen LogP contribution in [-0.4, -0.2) is 56.1 Å². The van der Waals surface area contributed by atoms with Gasteiger partial charge in [0.15, 0.2) is 0 Å². The third-order valence-electron chi connectivity index (χ3n) is 2.70. The van der Waals surface area contributed by atoms with Crippen LogP contribution >= 0.6 is 0 Å². The summed E-state index contributed by atoms with van der Waals surface area (Å²) in [6, 6.07) is 0. The molecule has 0 fully saturated rings. The predicted octanol–water partition coefficient (Wildman–Crippen LogP) is 0.438. The molecular formula is C11H21N5O2S. The summed E-state index contributed by atoms with van der Waals surface area (Å²) in [4.78, 5) is 8.52. The molecular weight excluding hydrogens is 266 g/mol. The largest absolute Gasteiger partial charge is 0.373 e. The van der Waals surface area contributed by atoms with Gasteiger partial charge >= 0.3 is 0 Å². The van der Waals surface area contributed by atoms with Crippen molar-refractivity contribution in [3.8, 4) is 0 Å². The van der Waals surface area contributed by atoms with Crippen LogP contribution in [0.15, 0.2) is 0 Å². The molecule has 0 spiro atoms. The molecule has 0 radical (unpaired) electrons. The molecule has 1 rings (SSSR count). The molecule has 1 aromatic heterocycles. The second kappa shape index (κ2) is 6.16. The third kappa shape index (κ3) is 4.03. The van der Waals surface area contributed by atoms with Crippen molar-refractivity contribution in [3.05, 3.63) is 11.4 Å². The Hall–Kier alpha value is -1.41. The van der Waals surface area contributed by atoms with E-state index >= 15 is 0 Å². The highest BCUT2D eigenvalue weighted by Crippen LogP contribution is 2.18. The van der Waals surface area contributed by atoms with E-state index in [-0.39, 0.29) is 5.75 Å². The van der Waals surface area contributed by atoms with Gasteiger partial charge in [-0.2, -0.15) is 0 Å². The Morgan fingerprint density at radius 2 is 1.74 bits per heavy atom. The highest BCUT2D eigenvalue weighted by molar-refractivity contribution is 7.89. The van der Waals surface area contributed by atoms with Gasteiger partial charge in [-0.15, -0.1) is 0 Å². The van der Waals surface area contributed by atoms with Gasteiger partial charge in [0.25, 0.3) is 0 Å². The van der Waals surface area contributed by atoms with Gasteiger partial charge in [-0.05, 0) is 13.8 Å². The van der Waals surface area contributed by atoms with Gasteiger partial charge in [0, 0.05) is 33.3 Å². The number of hydrogen-bond donors (Lipinski definition) is 2. The average Bonchev–Trinajstić information content (AvgIpc) is 2.32. The lowest BCUT2D eigenvalue weighted by atomic mass is 10.3. The molecule has 0 atom stereocenters. The molecule has 0 aliphatic heterocycles. The maximum Gasteiger partial charge on any atom is 0.215 e. The Morgan fingerprint density at radius 3 is 2.26 bits per heavy atom. The average molecular weight is 287 g/mol. The molecule has 0 amide bonds. The van der Waals surface area contributed by atoms with Crippen LogP contribution in [0.2, 0.25) is 0 Å². The van der Waals surface area contributed by atoms with Crippen LogP contribution in [0.5, 0.6) is 0 Å². The van der Waals surface area contributed by atoms with Crippen molar-refractivity contribution in [1.29, 1.82) is 0 Å². The summed E-state index contributed by atoms with van der Waals surface area (Å²) in [5.74, 6) is 2.06. The topological polar surface area (TPSA) is 87.2 Å². The van der Waals surface area contributed by atoms with Crippen molar-refractivity contribution >= 4 is 21.7 Å². The van der Waals surface area contributed by atoms with Crippen molar-refractivity contribution in [3.63, 3.8) is 0 Å². The first kappa shape index (κ1) is 15.6. The minimum atomic E-state index is -3.20. The van der Waals surface area contributed by atoms with Gasteiger partial charge in [0.1, 0.15) is 17.5 Å². The lowest BCUT2D eigenvalue weighted by Gasteiger charge is -2.14. The van der Waals surface area contributed by atoms with E-state index in [2.05, 4.69) is 20.6 Å². The Labute approximate surface area is 114 Å². The molecule has 0 bridgehead atoms. The SMILES string of the molecule is CNc1nc(C)nc(NCCS(=O)(=O)N(C)C)c1C. The van der Waals surface area contributed by atoms with Crippen molar-refractivity contribution < 1.29 is 8.42 Å². The normalized spacial score (nSPS) is 11.7. The molecule has 0 aromatic carbocycles. The minimum absolute atomic E-state index is 0.0252. The van der Waals surface area contributed by atoms with E-state index in [9.17, 15) is 8.42 Å². The maximum absolute atomic E-state index is 11.6. The van der Waals surface area contributed by atoms with E-state index in [1.54, 1.807) is 14.0 Å². The number of nitrogens with zero attached hydrogens (tertiary/aromatic N) is 3. The number of nitrogens with one attached hydrogen (secondary N) is 2. The molecule has 7 nitrogen and oxygen atoms in total. The zero-order valence-electron chi connectivity index (χ0n) is 12.0. The van der Waals surface area contributed by atoms with Crippen LogP contribution in [0.4, 0.5) is 11.6 Å². The second-order valence-corrected chi connectivity index (χ2v) is 6.67. The van der Waals surface area contributed by atoms with Crippen LogP contribution in [0.3, 0.4) is 0 Å². The second-order valence-electron chi connectivity index (χ2n) is 4.37. The highest BCUT2D eigenvalue weighted by atomic mass is 32.2. The van der Waals surface area contributed by atoms with Gasteiger partial charge in [0.05, 0.1) is 5.75 Å². The Morgan fingerprint density at radius 1 is 1.16 bits per heavy atom. The van der Waals surface area contributed by atoms with Gasteiger partial charge < -0.3 is 10.6 Å². The van der Waals surface area contributed by atoms with Gasteiger partial charge in [-0.3, -0.25) is 0 Å². The van der Waals surface area contributed by atoms with E-state index in [4.69, 9.17) is 0 Å². The molecule has 19 heavy (non-hydrogen) atoms. The first-order chi connectivity index (χ1) is 8.77. The number of hydrogen-bond acceptors (Lipinski definition) is 6. The fourth-order valence-corrected chi connectivity index (χ4v) is 2.25. The van der Waals surface area contributed by atoms with Gasteiger partial charge in [0.2, 0.25) is 10.0 Å². The number of sulfonamides is 1. The van der Waals surface area contributed by atoms with E-state index in [0.29, 0.717) is 18.2 Å². The number of aromatic nitrogens is 2. The summed E-state index contributed by atoms with van der Waals surface area (Å²) in [7, 11) is 1.64. The molecule has 0 aliphatic carbocycles. The standard InChI is InChI=1S/C11H21N5O2S/c1-8-10(12-3)14-9(2)15-11(8)13-6-7-19(17,18)16(4)5/h6-7H2,1-5H3,(H2,12,13,14,15). The van der Waals surface area contributed by atoms with Crippen LogP contribution in [0, 0.1) is 13.8 Å². The van der Waals surface area contributed by atoms with Crippen LogP contribution < -0.4 is 10.6 Å². The van der Waals surface area contributed by atoms with Gasteiger partial charge in [-0.1, -0.05) is 0 Å². The van der Waals surface area contributed by atoms with Crippen LogP contribution in [-0.2, 0) is 10.0 Å². The van der Waals surface area contributed by atoms with Crippen molar-refractivity contribution in [2.24, 2.45) is 0 Å². The molecule has 2 N–H and O–H groups in total. The molecule has 0 saturated carbocycles. The number of aryl methyl sites for hydroxylation is 1. The predicted molar refractivity (Wildman–Crippen MR) is 77.0 cm³/mol. The lowest BCUT2D eigenvalue weighted by Crippen LogP contribution is -2.28. The van der Waals surface area contributed by atoms with Crippen molar-refractivity contribution in [2.45, 2.75) is 13.8 Å². The van der Waals surface area contributed by atoms with Gasteiger partial charge in [-0.25, -0.2) is 22.7 Å². The molecule has 0 saturated heterocycles. The summed E-state index contributed by atoms with van der Waals surface area (Å²) in [6.45, 7) is 3.98. The fourth-order valence-electron chi connectivity index (χ4n) is 1.52. The van der Waals surface area contributed by atoms with E-state index < -0.39 is 10.0 Å². The zero-order valence-corrected chi connectivity index (χ0v) is 12.8. The van der Waals surface area contributed by atoms with Crippen molar-refractivity contribution in [1.82, 2.24) is 14.3 Å². The summed E-state index contributed by atoms with van der Waals surface area (Å²) in [5.41, 5.74) is 0.871. The minimum Gasteiger partial charge on any atom is -0.373 e. The molecule has 0 aliphatic rings. The lowest BCUT2D eigenvalue weighted by molar-refractivity contribution is 0.521. The zero-order chi connectivity index (χ0) is 14.6. The third-order valence-corrected chi connectivity index (χ3v) is 4.54. The first-order valence-electron chi connectivity index (χ1n) is 5.95. The molecule has 108 valence electrons. The molecule has 1 heterocycles. The van der Waals surface area contributed by atoms with E-state index in [0.717, 1.165) is 11.4 Å². The Balaban J connectivity index is 2.77. The number of rotatable bonds is 6. The first-order valence-corrected chi connectivity index (χ1v) is 7.56. The monoisotopic (exact) mass is 287 g/mol. The summed E-state index contributed by atoms with van der Waals surface area (Å²) in [5, 5.41) is 6.03. The molecule has 0 unspecified atom stereocenters. The fraction of sp³-hybridized carbons (Fsp3) is 0.636. The van der Waals surface area contributed by atoms with Crippen molar-refractivity contribution in [2.75, 3.05) is 44.1 Å². The maximum atomic E-state index is 11.6. The number of anilines is 2. The summed E-state index contributed by atoms with van der Waals surface area (Å²) in [6.07, 6.45) is 0. The Bertz CT molecular complexity index is 542. The quantitative estimate of drug-likeness (QED) is 0.789. The summed E-state index contributed by atoms with van der Waals surface area (Å²) < 4.78 is 24.5.